The Balaban J connectivity index is 1.30. The number of pyridine rings is 1. The molecule has 0 bridgehead atoms. The highest BCUT2D eigenvalue weighted by Gasteiger charge is 2.39. The molecule has 1 unspecified atom stereocenters. The lowest BCUT2D eigenvalue weighted by Gasteiger charge is -2.32. The minimum absolute atomic E-state index is 0.0136. The molecule has 0 spiro atoms. The lowest BCUT2D eigenvalue weighted by Crippen LogP contribution is -2.46. The van der Waals surface area contributed by atoms with E-state index in [4.69, 9.17) is 6.42 Å². The van der Waals surface area contributed by atoms with Crippen molar-refractivity contribution in [3.63, 3.8) is 0 Å². The Hall–Kier alpha value is -3.21. The second-order valence-corrected chi connectivity index (χ2v) is 7.63. The first kappa shape index (κ1) is 19.1. The molecule has 2 aliphatic rings. The van der Waals surface area contributed by atoms with Gasteiger partial charge in [0.2, 0.25) is 5.91 Å². The van der Waals surface area contributed by atoms with Crippen molar-refractivity contribution < 1.29 is 9.59 Å². The summed E-state index contributed by atoms with van der Waals surface area (Å²) in [5, 5.41) is 11.2. The van der Waals surface area contributed by atoms with E-state index in [9.17, 15) is 9.59 Å². The second kappa shape index (κ2) is 8.03. The number of carbonyl (C=O) groups excluding carboxylic acids is 2. The van der Waals surface area contributed by atoms with E-state index in [0.29, 0.717) is 38.0 Å². The smallest absolute Gasteiger partial charge is 0.255 e. The summed E-state index contributed by atoms with van der Waals surface area (Å²) in [5.74, 6) is 2.34. The van der Waals surface area contributed by atoms with Crippen LogP contribution in [0, 0.1) is 18.3 Å². The normalized spacial score (nSPS) is 19.7. The third-order valence-electron chi connectivity index (χ3n) is 5.59. The maximum Gasteiger partial charge on any atom is 0.255 e. The zero-order valence-electron chi connectivity index (χ0n) is 16.3. The molecule has 0 aliphatic carbocycles. The van der Waals surface area contributed by atoms with Gasteiger partial charge in [-0.15, -0.1) is 12.3 Å². The van der Waals surface area contributed by atoms with E-state index in [-0.39, 0.29) is 23.4 Å². The van der Waals surface area contributed by atoms with E-state index in [1.165, 1.54) is 0 Å². The zero-order chi connectivity index (χ0) is 20.3. The summed E-state index contributed by atoms with van der Waals surface area (Å²) in [7, 11) is 0. The molecule has 0 radical (unpaired) electrons. The number of fused-ring (bicyclic) bond motifs is 1. The molecule has 2 aromatic rings. The van der Waals surface area contributed by atoms with Crippen molar-refractivity contribution in [1.29, 1.82) is 0 Å². The summed E-state index contributed by atoms with van der Waals surface area (Å²) < 4.78 is 1.82. The maximum absolute atomic E-state index is 12.9. The molecule has 1 atom stereocenters. The highest BCUT2D eigenvalue weighted by atomic mass is 16.2. The van der Waals surface area contributed by atoms with Gasteiger partial charge < -0.3 is 14.6 Å². The number of likely N-dealkylation sites (tertiary alicyclic amines) is 1. The summed E-state index contributed by atoms with van der Waals surface area (Å²) in [6.45, 7) is 1.61. The molecule has 1 N–H and O–H groups in total. The van der Waals surface area contributed by atoms with E-state index in [2.05, 4.69) is 26.4 Å². The van der Waals surface area contributed by atoms with Gasteiger partial charge >= 0.3 is 0 Å². The SMILES string of the molecule is C#CCCC1(CCNC(=O)C2CCCN(C(=O)c3ccc4nccn4c3)C2)N=N1. The fraction of sp³-hybridized carbons (Fsp3) is 0.476. The third-order valence-corrected chi connectivity index (χ3v) is 5.59. The quantitative estimate of drug-likeness (QED) is 0.733. The van der Waals surface area contributed by atoms with Crippen LogP contribution in [0.15, 0.2) is 41.0 Å². The Kier molecular flexibility index (Phi) is 5.30. The van der Waals surface area contributed by atoms with Crippen molar-refractivity contribution in [2.45, 2.75) is 37.8 Å². The Morgan fingerprint density at radius 2 is 2.17 bits per heavy atom. The van der Waals surface area contributed by atoms with E-state index in [1.807, 2.05) is 16.7 Å². The van der Waals surface area contributed by atoms with Crippen molar-refractivity contribution in [2.24, 2.45) is 16.1 Å². The predicted molar refractivity (Wildman–Crippen MR) is 107 cm³/mol. The minimum atomic E-state index is -0.389. The van der Waals surface area contributed by atoms with Gasteiger partial charge in [0.1, 0.15) is 5.65 Å². The number of hydrogen-bond donors (Lipinski definition) is 1. The number of carbonyl (C=O) groups is 2. The summed E-state index contributed by atoms with van der Waals surface area (Å²) in [5.41, 5.74) is 1.01. The van der Waals surface area contributed by atoms with Gasteiger partial charge in [0.05, 0.1) is 11.5 Å². The number of rotatable bonds is 7. The van der Waals surface area contributed by atoms with Crippen LogP contribution in [-0.2, 0) is 4.79 Å². The van der Waals surface area contributed by atoms with Crippen LogP contribution in [0.25, 0.3) is 5.65 Å². The number of imidazole rings is 1. The standard InChI is InChI=1S/C21H24N6O2/c1-2-3-8-21(24-25-21)9-10-23-19(28)16-5-4-12-27(14-16)20(29)17-6-7-18-22-11-13-26(18)15-17/h1,6-7,11,13,15-16H,3-5,8-10,12,14H2,(H,23,28). The van der Waals surface area contributed by atoms with Gasteiger partial charge in [0, 0.05) is 57.5 Å². The lowest BCUT2D eigenvalue weighted by molar-refractivity contribution is -0.126. The van der Waals surface area contributed by atoms with Crippen molar-refractivity contribution >= 4 is 17.5 Å². The van der Waals surface area contributed by atoms with E-state index < -0.39 is 0 Å². The summed E-state index contributed by atoms with van der Waals surface area (Å²) >= 11 is 0. The van der Waals surface area contributed by atoms with E-state index in [0.717, 1.165) is 24.9 Å². The van der Waals surface area contributed by atoms with Crippen LogP contribution >= 0.6 is 0 Å². The second-order valence-electron chi connectivity index (χ2n) is 7.63. The Morgan fingerprint density at radius 3 is 2.97 bits per heavy atom. The van der Waals surface area contributed by atoms with E-state index >= 15 is 0 Å². The minimum Gasteiger partial charge on any atom is -0.356 e. The monoisotopic (exact) mass is 392 g/mol. The fourth-order valence-electron chi connectivity index (χ4n) is 3.80. The molecule has 2 aliphatic heterocycles. The first-order valence-corrected chi connectivity index (χ1v) is 9.97. The zero-order valence-corrected chi connectivity index (χ0v) is 16.3. The molecule has 8 heteroatoms. The molecule has 0 aromatic carbocycles. The molecular weight excluding hydrogens is 368 g/mol. The molecule has 8 nitrogen and oxygen atoms in total. The van der Waals surface area contributed by atoms with Crippen molar-refractivity contribution in [3.05, 3.63) is 36.3 Å². The van der Waals surface area contributed by atoms with Crippen LogP contribution in [0.5, 0.6) is 0 Å². The summed E-state index contributed by atoms with van der Waals surface area (Å²) in [6, 6.07) is 3.61. The highest BCUT2D eigenvalue weighted by Crippen LogP contribution is 2.36. The van der Waals surface area contributed by atoms with Crippen LogP contribution < -0.4 is 5.32 Å². The van der Waals surface area contributed by atoms with Crippen molar-refractivity contribution in [1.82, 2.24) is 19.6 Å². The molecule has 2 aromatic heterocycles. The maximum atomic E-state index is 12.9. The number of nitrogens with zero attached hydrogens (tertiary/aromatic N) is 5. The summed E-state index contributed by atoms with van der Waals surface area (Å²) in [4.78, 5) is 31.5. The number of aromatic nitrogens is 2. The van der Waals surface area contributed by atoms with Crippen LogP contribution in [0.3, 0.4) is 0 Å². The van der Waals surface area contributed by atoms with Gasteiger partial charge in [-0.2, -0.15) is 10.2 Å². The average molecular weight is 392 g/mol. The van der Waals surface area contributed by atoms with Crippen LogP contribution in [-0.4, -0.2) is 51.4 Å². The topological polar surface area (TPSA) is 91.4 Å². The van der Waals surface area contributed by atoms with E-state index in [1.54, 1.807) is 23.4 Å². The first-order valence-electron chi connectivity index (χ1n) is 9.97. The van der Waals surface area contributed by atoms with Gasteiger partial charge in [-0.1, -0.05) is 0 Å². The highest BCUT2D eigenvalue weighted by molar-refractivity contribution is 5.94. The molecule has 2 amide bonds. The van der Waals surface area contributed by atoms with Gasteiger partial charge in [0.15, 0.2) is 5.66 Å². The van der Waals surface area contributed by atoms with Gasteiger partial charge in [-0.05, 0) is 25.0 Å². The van der Waals surface area contributed by atoms with Crippen LogP contribution in [0.2, 0.25) is 0 Å². The molecule has 0 saturated carbocycles. The number of terminal acetylenes is 1. The van der Waals surface area contributed by atoms with Crippen molar-refractivity contribution in [3.8, 4) is 12.3 Å². The number of piperidine rings is 1. The lowest BCUT2D eigenvalue weighted by atomic mass is 9.96. The molecule has 1 fully saturated rings. The largest absolute Gasteiger partial charge is 0.356 e. The molecule has 29 heavy (non-hydrogen) atoms. The first-order chi connectivity index (χ1) is 14.1. The van der Waals surface area contributed by atoms with Gasteiger partial charge in [-0.3, -0.25) is 9.59 Å². The number of nitrogens with one attached hydrogen (secondary N) is 1. The number of hydrogen-bond acceptors (Lipinski definition) is 5. The Labute approximate surface area is 169 Å². The fourth-order valence-corrected chi connectivity index (χ4v) is 3.80. The molecule has 1 saturated heterocycles. The summed E-state index contributed by atoms with van der Waals surface area (Å²) in [6.07, 6.45) is 14.2. The molecular formula is C21H24N6O2. The molecule has 4 rings (SSSR count). The average Bonchev–Trinajstić information content (AvgIpc) is 3.36. The van der Waals surface area contributed by atoms with Gasteiger partial charge in [0.25, 0.3) is 5.91 Å². The third kappa shape index (κ3) is 4.29. The van der Waals surface area contributed by atoms with Crippen LogP contribution in [0.1, 0.15) is 42.5 Å². The molecule has 4 heterocycles. The van der Waals surface area contributed by atoms with Crippen LogP contribution in [0.4, 0.5) is 0 Å². The Bertz CT molecular complexity index is 982. The predicted octanol–water partition coefficient (Wildman–Crippen LogP) is 2.27. The van der Waals surface area contributed by atoms with Crippen molar-refractivity contribution in [2.75, 3.05) is 19.6 Å². The molecule has 150 valence electrons. The Morgan fingerprint density at radius 1 is 1.31 bits per heavy atom. The number of amides is 2. The van der Waals surface area contributed by atoms with Gasteiger partial charge in [-0.25, -0.2) is 4.98 Å².